The SMILES string of the molecule is CNCCC1CC(C)Cc2c(C)cc(C)cc21. The van der Waals surface area contributed by atoms with Crippen LogP contribution in [0.3, 0.4) is 0 Å². The van der Waals surface area contributed by atoms with E-state index >= 15 is 0 Å². The summed E-state index contributed by atoms with van der Waals surface area (Å²) >= 11 is 0. The lowest BCUT2D eigenvalue weighted by Crippen LogP contribution is -2.21. The molecule has 0 amide bonds. The first-order valence-corrected chi connectivity index (χ1v) is 6.86. The number of hydrogen-bond acceptors (Lipinski definition) is 1. The first-order valence-electron chi connectivity index (χ1n) is 6.86. The minimum Gasteiger partial charge on any atom is -0.320 e. The van der Waals surface area contributed by atoms with Crippen LogP contribution in [-0.4, -0.2) is 13.6 Å². The molecule has 0 bridgehead atoms. The van der Waals surface area contributed by atoms with Crippen molar-refractivity contribution < 1.29 is 0 Å². The van der Waals surface area contributed by atoms with Crippen molar-refractivity contribution in [3.8, 4) is 0 Å². The number of benzene rings is 1. The molecule has 0 saturated heterocycles. The Bertz CT molecular complexity index is 395. The van der Waals surface area contributed by atoms with E-state index in [-0.39, 0.29) is 0 Å². The van der Waals surface area contributed by atoms with Gasteiger partial charge in [0.15, 0.2) is 0 Å². The molecule has 2 atom stereocenters. The molecule has 0 saturated carbocycles. The lowest BCUT2D eigenvalue weighted by Gasteiger charge is -2.31. The van der Waals surface area contributed by atoms with Gasteiger partial charge >= 0.3 is 0 Å². The fourth-order valence-electron chi connectivity index (χ4n) is 3.31. The van der Waals surface area contributed by atoms with Crippen molar-refractivity contribution >= 4 is 0 Å². The molecule has 0 aromatic heterocycles. The highest BCUT2D eigenvalue weighted by molar-refractivity contribution is 5.42. The summed E-state index contributed by atoms with van der Waals surface area (Å²) in [6.45, 7) is 8.03. The van der Waals surface area contributed by atoms with Gasteiger partial charge in [-0.25, -0.2) is 0 Å². The van der Waals surface area contributed by atoms with Gasteiger partial charge in [-0.1, -0.05) is 24.6 Å². The fourth-order valence-corrected chi connectivity index (χ4v) is 3.31. The Labute approximate surface area is 106 Å². The lowest BCUT2D eigenvalue weighted by atomic mass is 9.74. The topological polar surface area (TPSA) is 12.0 Å². The van der Waals surface area contributed by atoms with Crippen molar-refractivity contribution in [2.75, 3.05) is 13.6 Å². The van der Waals surface area contributed by atoms with E-state index in [1.165, 1.54) is 30.4 Å². The summed E-state index contributed by atoms with van der Waals surface area (Å²) in [4.78, 5) is 0. The van der Waals surface area contributed by atoms with Crippen molar-refractivity contribution in [1.82, 2.24) is 5.32 Å². The van der Waals surface area contributed by atoms with Crippen LogP contribution in [0.2, 0.25) is 0 Å². The normalized spacial score (nSPS) is 23.5. The zero-order valence-corrected chi connectivity index (χ0v) is 11.6. The van der Waals surface area contributed by atoms with Gasteiger partial charge in [0.1, 0.15) is 0 Å². The quantitative estimate of drug-likeness (QED) is 0.838. The van der Waals surface area contributed by atoms with Gasteiger partial charge in [0.25, 0.3) is 0 Å². The van der Waals surface area contributed by atoms with Gasteiger partial charge in [-0.2, -0.15) is 0 Å². The van der Waals surface area contributed by atoms with E-state index in [0.29, 0.717) is 0 Å². The first-order chi connectivity index (χ1) is 8.11. The van der Waals surface area contributed by atoms with Crippen molar-refractivity contribution in [3.63, 3.8) is 0 Å². The Kier molecular flexibility index (Phi) is 3.88. The highest BCUT2D eigenvalue weighted by Gasteiger charge is 2.25. The molecule has 2 rings (SSSR count). The number of hydrogen-bond donors (Lipinski definition) is 1. The Balaban J connectivity index is 2.34. The maximum Gasteiger partial charge on any atom is -0.00461 e. The van der Waals surface area contributed by atoms with Gasteiger partial charge in [0, 0.05) is 0 Å². The molecule has 1 nitrogen and oxygen atoms in total. The van der Waals surface area contributed by atoms with E-state index < -0.39 is 0 Å². The van der Waals surface area contributed by atoms with Crippen LogP contribution >= 0.6 is 0 Å². The minimum atomic E-state index is 0.764. The third-order valence-corrected chi connectivity index (χ3v) is 4.07. The number of fused-ring (bicyclic) bond motifs is 1. The van der Waals surface area contributed by atoms with Crippen molar-refractivity contribution in [2.45, 2.75) is 46.0 Å². The smallest absolute Gasteiger partial charge is 0.00461 e. The highest BCUT2D eigenvalue weighted by atomic mass is 14.8. The molecule has 0 spiro atoms. The summed E-state index contributed by atoms with van der Waals surface area (Å²) in [5.41, 5.74) is 6.19. The van der Waals surface area contributed by atoms with Gasteiger partial charge < -0.3 is 5.32 Å². The first kappa shape index (κ1) is 12.6. The van der Waals surface area contributed by atoms with Crippen LogP contribution in [0.4, 0.5) is 0 Å². The van der Waals surface area contributed by atoms with Crippen molar-refractivity contribution in [1.29, 1.82) is 0 Å². The fraction of sp³-hybridized carbons (Fsp3) is 0.625. The third-order valence-electron chi connectivity index (χ3n) is 4.07. The molecule has 1 aromatic carbocycles. The molecular weight excluding hydrogens is 206 g/mol. The van der Waals surface area contributed by atoms with Crippen LogP contribution in [0.15, 0.2) is 12.1 Å². The summed E-state index contributed by atoms with van der Waals surface area (Å²) in [6, 6.07) is 4.76. The van der Waals surface area contributed by atoms with Crippen LogP contribution in [0, 0.1) is 19.8 Å². The Morgan fingerprint density at radius 2 is 2.06 bits per heavy atom. The maximum absolute atomic E-state index is 3.29. The summed E-state index contributed by atoms with van der Waals surface area (Å²) in [6.07, 6.45) is 3.91. The zero-order valence-electron chi connectivity index (χ0n) is 11.6. The highest BCUT2D eigenvalue weighted by Crippen LogP contribution is 2.38. The molecule has 1 aromatic rings. The van der Waals surface area contributed by atoms with E-state index in [9.17, 15) is 0 Å². The van der Waals surface area contributed by atoms with E-state index in [4.69, 9.17) is 0 Å². The third kappa shape index (κ3) is 2.71. The van der Waals surface area contributed by atoms with Crippen molar-refractivity contribution in [2.24, 2.45) is 5.92 Å². The average molecular weight is 231 g/mol. The molecule has 94 valence electrons. The molecule has 17 heavy (non-hydrogen) atoms. The number of rotatable bonds is 3. The van der Waals surface area contributed by atoms with Gasteiger partial charge in [0.05, 0.1) is 0 Å². The Morgan fingerprint density at radius 3 is 2.76 bits per heavy atom. The number of nitrogens with one attached hydrogen (secondary N) is 1. The lowest BCUT2D eigenvalue weighted by molar-refractivity contribution is 0.411. The van der Waals surface area contributed by atoms with E-state index in [1.54, 1.807) is 11.1 Å². The van der Waals surface area contributed by atoms with Gasteiger partial charge in [-0.05, 0) is 75.2 Å². The van der Waals surface area contributed by atoms with Crippen LogP contribution in [0.25, 0.3) is 0 Å². The van der Waals surface area contributed by atoms with Crippen LogP contribution < -0.4 is 5.32 Å². The standard InChI is InChI=1S/C16H25N/c1-11-7-13(3)15-9-12(2)8-14(5-6-17-4)16(15)10-11/h7,10,12,14,17H,5-6,8-9H2,1-4H3. The van der Waals surface area contributed by atoms with Crippen LogP contribution in [-0.2, 0) is 6.42 Å². The zero-order chi connectivity index (χ0) is 12.4. The average Bonchev–Trinajstić information content (AvgIpc) is 2.27. The molecule has 0 radical (unpaired) electrons. The Hall–Kier alpha value is -0.820. The van der Waals surface area contributed by atoms with Crippen molar-refractivity contribution in [3.05, 3.63) is 34.4 Å². The summed E-state index contributed by atoms with van der Waals surface area (Å²) in [5.74, 6) is 1.60. The van der Waals surface area contributed by atoms with E-state index in [1.807, 2.05) is 0 Å². The van der Waals surface area contributed by atoms with Gasteiger partial charge in [-0.3, -0.25) is 0 Å². The second-order valence-electron chi connectivity index (χ2n) is 5.78. The second kappa shape index (κ2) is 5.22. The predicted molar refractivity (Wildman–Crippen MR) is 74.7 cm³/mol. The molecule has 1 aliphatic rings. The second-order valence-corrected chi connectivity index (χ2v) is 5.78. The monoisotopic (exact) mass is 231 g/mol. The largest absolute Gasteiger partial charge is 0.320 e. The number of aryl methyl sites for hydroxylation is 2. The molecule has 1 N–H and O–H groups in total. The Morgan fingerprint density at radius 1 is 1.29 bits per heavy atom. The maximum atomic E-state index is 3.29. The molecule has 2 unspecified atom stereocenters. The van der Waals surface area contributed by atoms with Gasteiger partial charge in [-0.15, -0.1) is 0 Å². The van der Waals surface area contributed by atoms with E-state index in [0.717, 1.165) is 18.4 Å². The van der Waals surface area contributed by atoms with E-state index in [2.05, 4.69) is 45.3 Å². The van der Waals surface area contributed by atoms with Crippen LogP contribution in [0.5, 0.6) is 0 Å². The minimum absolute atomic E-state index is 0.764. The molecule has 0 aliphatic heterocycles. The van der Waals surface area contributed by atoms with Crippen LogP contribution in [0.1, 0.15) is 47.9 Å². The van der Waals surface area contributed by atoms with Gasteiger partial charge in [0.2, 0.25) is 0 Å². The molecule has 0 heterocycles. The molecule has 1 aliphatic carbocycles. The summed E-state index contributed by atoms with van der Waals surface area (Å²) in [7, 11) is 2.05. The molecule has 0 fully saturated rings. The molecule has 1 heteroatoms. The predicted octanol–water partition coefficient (Wildman–Crippen LogP) is 3.58. The molecular formula is C16H25N. The summed E-state index contributed by atoms with van der Waals surface area (Å²) < 4.78 is 0. The summed E-state index contributed by atoms with van der Waals surface area (Å²) in [5, 5.41) is 3.29.